The van der Waals surface area contributed by atoms with E-state index in [1.165, 1.54) is 16.7 Å². The van der Waals surface area contributed by atoms with E-state index >= 15 is 0 Å². The number of piperazine rings is 1. The molecule has 1 atom stereocenters. The maximum atomic E-state index is 13.2. The van der Waals surface area contributed by atoms with Crippen LogP contribution in [0.2, 0.25) is 0 Å². The van der Waals surface area contributed by atoms with E-state index in [4.69, 9.17) is 4.74 Å². The van der Waals surface area contributed by atoms with E-state index in [0.29, 0.717) is 44.4 Å². The first kappa shape index (κ1) is 30.1. The van der Waals surface area contributed by atoms with E-state index in [1.807, 2.05) is 22.2 Å². The van der Waals surface area contributed by atoms with Crippen molar-refractivity contribution in [2.75, 3.05) is 50.8 Å². The van der Waals surface area contributed by atoms with Gasteiger partial charge in [0.1, 0.15) is 5.75 Å². The zero-order chi connectivity index (χ0) is 29.5. The fraction of sp³-hybridized carbons (Fsp3) is 0.588. The zero-order valence-corrected chi connectivity index (χ0v) is 25.6. The van der Waals surface area contributed by atoms with Gasteiger partial charge in [-0.2, -0.15) is 0 Å². The summed E-state index contributed by atoms with van der Waals surface area (Å²) in [6.45, 7) is 11.5. The molecule has 8 heteroatoms. The highest BCUT2D eigenvalue weighted by atomic mass is 16.5. The van der Waals surface area contributed by atoms with Gasteiger partial charge in [0, 0.05) is 64.0 Å². The number of ether oxygens (including phenoxy) is 1. The first-order valence-electron chi connectivity index (χ1n) is 15.9. The summed E-state index contributed by atoms with van der Waals surface area (Å²) in [6.07, 6.45) is 12.4. The Bertz CT molecular complexity index is 1210. The van der Waals surface area contributed by atoms with E-state index in [-0.39, 0.29) is 17.7 Å². The Hall–Kier alpha value is -3.42. The Labute approximate surface area is 251 Å². The van der Waals surface area contributed by atoms with E-state index in [2.05, 4.69) is 66.0 Å². The molecule has 2 amide bonds. The summed E-state index contributed by atoms with van der Waals surface area (Å²) >= 11 is 0. The minimum atomic E-state index is 0.0444. The number of anilines is 1. The van der Waals surface area contributed by atoms with Gasteiger partial charge in [0.25, 0.3) is 0 Å². The Kier molecular flexibility index (Phi) is 10.1. The summed E-state index contributed by atoms with van der Waals surface area (Å²) < 4.78 is 6.17. The summed E-state index contributed by atoms with van der Waals surface area (Å²) in [5.74, 6) is 3.15. The van der Waals surface area contributed by atoms with Crippen LogP contribution in [-0.2, 0) is 16.0 Å². The third-order valence-electron chi connectivity index (χ3n) is 9.00. The zero-order valence-electron chi connectivity index (χ0n) is 25.6. The molecular formula is C34H47N5O3. The molecule has 8 nitrogen and oxygen atoms in total. The van der Waals surface area contributed by atoms with Gasteiger partial charge < -0.3 is 19.4 Å². The number of hydrogen-bond donors (Lipinski definition) is 0. The van der Waals surface area contributed by atoms with Gasteiger partial charge in [-0.15, -0.1) is 0 Å². The number of carbonyl (C=O) groups excluding carboxylic acids is 2. The molecule has 0 N–H and O–H groups in total. The monoisotopic (exact) mass is 573 g/mol. The van der Waals surface area contributed by atoms with E-state index in [1.54, 1.807) is 0 Å². The van der Waals surface area contributed by atoms with Crippen LogP contribution in [0.5, 0.6) is 5.75 Å². The Morgan fingerprint density at radius 1 is 0.929 bits per heavy atom. The Morgan fingerprint density at radius 3 is 2.19 bits per heavy atom. The predicted octanol–water partition coefficient (Wildman–Crippen LogP) is 5.23. The summed E-state index contributed by atoms with van der Waals surface area (Å²) in [6, 6.07) is 8.45. The highest BCUT2D eigenvalue weighted by Gasteiger charge is 2.30. The first-order chi connectivity index (χ1) is 20.4. The summed E-state index contributed by atoms with van der Waals surface area (Å²) in [5, 5.41) is 0. The maximum absolute atomic E-state index is 13.2. The number of carbonyl (C=O) groups is 2. The van der Waals surface area contributed by atoms with E-state index in [9.17, 15) is 9.59 Å². The van der Waals surface area contributed by atoms with E-state index in [0.717, 1.165) is 69.9 Å². The van der Waals surface area contributed by atoms with Crippen molar-refractivity contribution in [1.82, 2.24) is 19.8 Å². The molecule has 1 aromatic carbocycles. The first-order valence-corrected chi connectivity index (χ1v) is 15.9. The van der Waals surface area contributed by atoms with Crippen molar-refractivity contribution < 1.29 is 14.3 Å². The van der Waals surface area contributed by atoms with Crippen molar-refractivity contribution in [1.29, 1.82) is 0 Å². The minimum absolute atomic E-state index is 0.0444. The van der Waals surface area contributed by atoms with Gasteiger partial charge >= 0.3 is 0 Å². The molecule has 0 spiro atoms. The van der Waals surface area contributed by atoms with Crippen LogP contribution in [0.25, 0.3) is 5.57 Å². The largest absolute Gasteiger partial charge is 0.493 e. The number of hydrogen-bond acceptors (Lipinski definition) is 6. The molecule has 0 bridgehead atoms. The molecule has 1 unspecified atom stereocenters. The molecule has 2 fully saturated rings. The number of amides is 2. The number of piperidine rings is 1. The number of aromatic nitrogens is 2. The highest BCUT2D eigenvalue weighted by Crippen LogP contribution is 2.32. The topological polar surface area (TPSA) is 78.9 Å². The summed E-state index contributed by atoms with van der Waals surface area (Å²) in [4.78, 5) is 40.8. The second-order valence-corrected chi connectivity index (χ2v) is 12.5. The van der Waals surface area contributed by atoms with Crippen LogP contribution in [0.4, 0.5) is 5.95 Å². The van der Waals surface area contributed by atoms with Crippen LogP contribution in [0.1, 0.15) is 70.4 Å². The molecule has 0 radical (unpaired) electrons. The molecule has 2 saturated heterocycles. The average molecular weight is 574 g/mol. The minimum Gasteiger partial charge on any atom is -0.493 e. The van der Waals surface area contributed by atoms with Crippen LogP contribution >= 0.6 is 0 Å². The Balaban J connectivity index is 1.03. The molecule has 0 saturated carbocycles. The van der Waals surface area contributed by atoms with Crippen LogP contribution in [0, 0.1) is 17.8 Å². The molecule has 2 aliphatic heterocycles. The highest BCUT2D eigenvalue weighted by molar-refractivity contribution is 5.81. The van der Waals surface area contributed by atoms with Crippen LogP contribution in [-0.4, -0.2) is 77.5 Å². The van der Waals surface area contributed by atoms with Crippen LogP contribution < -0.4 is 9.64 Å². The number of nitrogens with zero attached hydrogens (tertiary/aromatic N) is 5. The fourth-order valence-corrected chi connectivity index (χ4v) is 6.21. The lowest BCUT2D eigenvalue weighted by molar-refractivity contribution is -0.142. The number of aryl methyl sites for hydroxylation is 1. The quantitative estimate of drug-likeness (QED) is 0.409. The third kappa shape index (κ3) is 7.69. The molecule has 42 heavy (non-hydrogen) atoms. The van der Waals surface area contributed by atoms with Crippen molar-refractivity contribution in [2.45, 2.75) is 65.7 Å². The summed E-state index contributed by atoms with van der Waals surface area (Å²) in [5.41, 5.74) is 3.70. The molecule has 2 aromatic rings. The number of allylic oxidation sites excluding steroid dienone is 2. The van der Waals surface area contributed by atoms with Gasteiger partial charge in [0.2, 0.25) is 17.8 Å². The SMILES string of the molecule is CCc1cnc(N2CCC(COc3ccc(C4=CCC(C(=O)N5CCN(C(=O)CC(C)C)CC5)CC4)cc3)CC2)nc1. The van der Waals surface area contributed by atoms with E-state index < -0.39 is 0 Å². The van der Waals surface area contributed by atoms with Crippen molar-refractivity contribution in [3.63, 3.8) is 0 Å². The fourth-order valence-electron chi connectivity index (χ4n) is 6.21. The van der Waals surface area contributed by atoms with Gasteiger partial charge in [0.15, 0.2) is 0 Å². The van der Waals surface area contributed by atoms with Crippen molar-refractivity contribution in [2.24, 2.45) is 17.8 Å². The van der Waals surface area contributed by atoms with Gasteiger partial charge in [-0.05, 0) is 79.2 Å². The molecule has 3 aliphatic rings. The van der Waals surface area contributed by atoms with Gasteiger partial charge in [-0.3, -0.25) is 9.59 Å². The lowest BCUT2D eigenvalue weighted by Crippen LogP contribution is -2.52. The van der Waals surface area contributed by atoms with Gasteiger partial charge in [-0.1, -0.05) is 39.0 Å². The summed E-state index contributed by atoms with van der Waals surface area (Å²) in [7, 11) is 0. The van der Waals surface area contributed by atoms with Crippen molar-refractivity contribution in [3.8, 4) is 5.75 Å². The van der Waals surface area contributed by atoms with Gasteiger partial charge in [-0.25, -0.2) is 9.97 Å². The lowest BCUT2D eigenvalue weighted by Gasteiger charge is -2.37. The van der Waals surface area contributed by atoms with Crippen LogP contribution in [0.3, 0.4) is 0 Å². The predicted molar refractivity (Wildman–Crippen MR) is 166 cm³/mol. The second-order valence-electron chi connectivity index (χ2n) is 12.5. The Morgan fingerprint density at radius 2 is 1.60 bits per heavy atom. The maximum Gasteiger partial charge on any atom is 0.226 e. The molecular weight excluding hydrogens is 526 g/mol. The lowest BCUT2D eigenvalue weighted by atomic mass is 9.85. The molecule has 3 heterocycles. The standard InChI is InChI=1S/C34H47N5O3/c1-4-26-22-35-34(36-23-26)39-15-13-27(14-16-39)24-42-31-11-9-29(10-12-31)28-5-7-30(8-6-28)33(41)38-19-17-37(18-20-38)32(40)21-25(2)3/h5,9-12,22-23,25,27,30H,4,6-8,13-21,24H2,1-3H3. The molecule has 226 valence electrons. The molecule has 1 aromatic heterocycles. The van der Waals surface area contributed by atoms with Gasteiger partial charge in [0.05, 0.1) is 6.61 Å². The van der Waals surface area contributed by atoms with Crippen LogP contribution in [0.15, 0.2) is 42.7 Å². The van der Waals surface area contributed by atoms with Crippen molar-refractivity contribution >= 4 is 23.3 Å². The smallest absolute Gasteiger partial charge is 0.226 e. The normalized spacial score (nSPS) is 20.0. The average Bonchev–Trinajstić information content (AvgIpc) is 3.04. The number of rotatable bonds is 9. The second kappa shape index (κ2) is 14.2. The molecule has 5 rings (SSSR count). The molecule has 1 aliphatic carbocycles. The van der Waals surface area contributed by atoms with Crippen molar-refractivity contribution in [3.05, 3.63) is 53.9 Å². The third-order valence-corrected chi connectivity index (χ3v) is 9.00. The number of benzene rings is 1.